The maximum absolute atomic E-state index is 12.7. The van der Waals surface area contributed by atoms with Crippen LogP contribution in [0.15, 0.2) is 54.7 Å². The second-order valence-electron chi connectivity index (χ2n) is 12.3. The number of carbonyl (C=O) groups is 1. The van der Waals surface area contributed by atoms with E-state index in [1.54, 1.807) is 4.90 Å². The smallest absolute Gasteiger partial charge is 0.444 e. The average Bonchev–Trinajstić information content (AvgIpc) is 3.56. The van der Waals surface area contributed by atoms with Gasteiger partial charge in [0.1, 0.15) is 11.4 Å². The lowest BCUT2D eigenvalue weighted by molar-refractivity contribution is 0.00578. The Labute approximate surface area is 226 Å². The first-order valence-corrected chi connectivity index (χ1v) is 13.4. The second kappa shape index (κ2) is 9.58. The zero-order valence-corrected chi connectivity index (χ0v) is 23.5. The van der Waals surface area contributed by atoms with Crippen molar-refractivity contribution in [3.63, 3.8) is 0 Å². The van der Waals surface area contributed by atoms with Gasteiger partial charge in [0.2, 0.25) is 0 Å². The number of H-pyrrole nitrogens is 1. The van der Waals surface area contributed by atoms with Gasteiger partial charge in [-0.05, 0) is 83.5 Å². The molecule has 0 radical (unpaired) electrons. The third kappa shape index (κ3) is 5.25. The van der Waals surface area contributed by atoms with Crippen molar-refractivity contribution in [1.29, 1.82) is 0 Å². The molecule has 7 nitrogen and oxygen atoms in total. The van der Waals surface area contributed by atoms with E-state index < -0.39 is 5.60 Å². The summed E-state index contributed by atoms with van der Waals surface area (Å²) < 4.78 is 18.0. The molecule has 2 aliphatic rings. The van der Waals surface area contributed by atoms with Gasteiger partial charge in [-0.15, -0.1) is 0 Å². The SMILES string of the molecule is CC(C)(C)OC(=O)N1CCC[C@H]1c1ncc(-c2ccc(-c3ccc(B4OC(C)(C)C(C)(C)O4)cc3)cc2)[nH]1. The number of amides is 1. The lowest BCUT2D eigenvalue weighted by atomic mass is 9.78. The van der Waals surface area contributed by atoms with E-state index in [0.717, 1.165) is 46.5 Å². The van der Waals surface area contributed by atoms with Gasteiger partial charge in [-0.2, -0.15) is 0 Å². The van der Waals surface area contributed by atoms with Gasteiger partial charge in [-0.3, -0.25) is 4.90 Å². The van der Waals surface area contributed by atoms with Crippen LogP contribution in [0.3, 0.4) is 0 Å². The van der Waals surface area contributed by atoms with Crippen LogP contribution in [-0.2, 0) is 14.0 Å². The highest BCUT2D eigenvalue weighted by Gasteiger charge is 2.51. The first-order chi connectivity index (χ1) is 17.8. The summed E-state index contributed by atoms with van der Waals surface area (Å²) >= 11 is 0. The van der Waals surface area contributed by atoms with Crippen molar-refractivity contribution in [1.82, 2.24) is 14.9 Å². The molecule has 0 unspecified atom stereocenters. The van der Waals surface area contributed by atoms with Crippen LogP contribution in [0.1, 0.15) is 73.2 Å². The first kappa shape index (κ1) is 26.5. The third-order valence-corrected chi connectivity index (χ3v) is 7.76. The summed E-state index contributed by atoms with van der Waals surface area (Å²) in [4.78, 5) is 22.5. The molecule has 2 aromatic carbocycles. The Hall–Kier alpha value is -3.10. The summed E-state index contributed by atoms with van der Waals surface area (Å²) in [5.41, 5.74) is 4.01. The summed E-state index contributed by atoms with van der Waals surface area (Å²) in [6, 6.07) is 16.7. The molecule has 200 valence electrons. The molecule has 5 rings (SSSR count). The minimum absolute atomic E-state index is 0.0969. The van der Waals surface area contributed by atoms with E-state index in [4.69, 9.17) is 14.0 Å². The van der Waals surface area contributed by atoms with Crippen LogP contribution < -0.4 is 5.46 Å². The third-order valence-electron chi connectivity index (χ3n) is 7.76. The van der Waals surface area contributed by atoms with Gasteiger partial charge in [0.25, 0.3) is 0 Å². The fourth-order valence-corrected chi connectivity index (χ4v) is 4.90. The summed E-state index contributed by atoms with van der Waals surface area (Å²) in [6.45, 7) is 14.6. The van der Waals surface area contributed by atoms with Crippen LogP contribution in [0.4, 0.5) is 4.79 Å². The quantitative estimate of drug-likeness (QED) is 0.424. The van der Waals surface area contributed by atoms with E-state index in [1.165, 1.54) is 0 Å². The standard InChI is InChI=1S/C30H38BN3O4/c1-28(2,3)36-27(35)34-18-8-9-25(34)26-32-19-24(33-26)22-12-10-20(11-13-22)21-14-16-23(17-15-21)31-37-29(4,5)30(6,7)38-31/h10-17,19,25H,8-9,18H2,1-7H3,(H,32,33)/t25-/m0/s1. The monoisotopic (exact) mass is 515 g/mol. The lowest BCUT2D eigenvalue weighted by Crippen LogP contribution is -2.41. The molecular formula is C30H38BN3O4. The molecule has 0 saturated carbocycles. The number of rotatable bonds is 4. The number of nitrogens with zero attached hydrogens (tertiary/aromatic N) is 2. The fraction of sp³-hybridized carbons (Fsp3) is 0.467. The Balaban J connectivity index is 1.27. The molecule has 0 bridgehead atoms. The highest BCUT2D eigenvalue weighted by molar-refractivity contribution is 6.62. The fourth-order valence-electron chi connectivity index (χ4n) is 4.90. The molecule has 2 saturated heterocycles. The zero-order valence-electron chi connectivity index (χ0n) is 23.5. The van der Waals surface area contributed by atoms with Crippen LogP contribution in [0.25, 0.3) is 22.4 Å². The van der Waals surface area contributed by atoms with Crippen molar-refractivity contribution in [3.8, 4) is 22.4 Å². The van der Waals surface area contributed by atoms with E-state index in [2.05, 4.69) is 86.2 Å². The van der Waals surface area contributed by atoms with Crippen LogP contribution in [0.5, 0.6) is 0 Å². The minimum Gasteiger partial charge on any atom is -0.444 e. The van der Waals surface area contributed by atoms with Gasteiger partial charge in [0.05, 0.1) is 29.1 Å². The molecule has 1 N–H and O–H groups in total. The molecule has 1 aromatic heterocycles. The predicted molar refractivity (Wildman–Crippen MR) is 150 cm³/mol. The molecule has 8 heteroatoms. The maximum atomic E-state index is 12.7. The maximum Gasteiger partial charge on any atom is 0.494 e. The van der Waals surface area contributed by atoms with Gasteiger partial charge in [-0.25, -0.2) is 9.78 Å². The number of benzene rings is 2. The van der Waals surface area contributed by atoms with Gasteiger partial charge in [0.15, 0.2) is 0 Å². The highest BCUT2D eigenvalue weighted by Crippen LogP contribution is 2.37. The Morgan fingerprint density at radius 1 is 0.974 bits per heavy atom. The molecule has 38 heavy (non-hydrogen) atoms. The lowest BCUT2D eigenvalue weighted by Gasteiger charge is -2.32. The largest absolute Gasteiger partial charge is 0.494 e. The molecule has 0 aliphatic carbocycles. The van der Waals surface area contributed by atoms with Crippen LogP contribution in [0, 0.1) is 0 Å². The topological polar surface area (TPSA) is 76.7 Å². The summed E-state index contributed by atoms with van der Waals surface area (Å²) in [6.07, 6.45) is 3.36. The van der Waals surface area contributed by atoms with Gasteiger partial charge in [0, 0.05) is 6.54 Å². The normalized spacial score (nSPS) is 20.7. The number of hydrogen-bond donors (Lipinski definition) is 1. The summed E-state index contributed by atoms with van der Waals surface area (Å²) in [7, 11) is -0.364. The second-order valence-corrected chi connectivity index (χ2v) is 12.3. The Kier molecular flexibility index (Phi) is 6.68. The van der Waals surface area contributed by atoms with Crippen molar-refractivity contribution < 1.29 is 18.8 Å². The molecule has 3 aromatic rings. The first-order valence-electron chi connectivity index (χ1n) is 13.4. The number of carbonyl (C=O) groups excluding carboxylic acids is 1. The Morgan fingerprint density at radius 2 is 1.53 bits per heavy atom. The van der Waals surface area contributed by atoms with Crippen LogP contribution in [-0.4, -0.2) is 51.4 Å². The molecule has 2 fully saturated rings. The number of aromatic amines is 1. The number of nitrogens with one attached hydrogen (secondary N) is 1. The van der Waals surface area contributed by atoms with Crippen LogP contribution in [0.2, 0.25) is 0 Å². The van der Waals surface area contributed by atoms with E-state index >= 15 is 0 Å². The number of aromatic nitrogens is 2. The molecule has 0 spiro atoms. The van der Waals surface area contributed by atoms with Crippen molar-refractivity contribution in [2.45, 2.75) is 84.2 Å². The highest BCUT2D eigenvalue weighted by atomic mass is 16.7. The van der Waals surface area contributed by atoms with E-state index in [1.807, 2.05) is 27.0 Å². The zero-order chi connectivity index (χ0) is 27.3. The average molecular weight is 515 g/mol. The molecular weight excluding hydrogens is 477 g/mol. The number of imidazole rings is 1. The number of hydrogen-bond acceptors (Lipinski definition) is 5. The molecule has 2 aliphatic heterocycles. The van der Waals surface area contributed by atoms with Crippen molar-refractivity contribution in [2.24, 2.45) is 0 Å². The van der Waals surface area contributed by atoms with Gasteiger partial charge < -0.3 is 19.0 Å². The summed E-state index contributed by atoms with van der Waals surface area (Å²) in [5.74, 6) is 0.797. The number of likely N-dealkylation sites (tertiary alicyclic amines) is 1. The van der Waals surface area contributed by atoms with E-state index in [-0.39, 0.29) is 30.5 Å². The minimum atomic E-state index is -0.521. The van der Waals surface area contributed by atoms with Crippen LogP contribution >= 0.6 is 0 Å². The number of ether oxygens (including phenoxy) is 1. The Morgan fingerprint density at radius 3 is 2.11 bits per heavy atom. The molecule has 3 heterocycles. The Bertz CT molecular complexity index is 1280. The molecule has 1 amide bonds. The van der Waals surface area contributed by atoms with E-state index in [0.29, 0.717) is 6.54 Å². The van der Waals surface area contributed by atoms with Crippen molar-refractivity contribution in [2.75, 3.05) is 6.54 Å². The van der Waals surface area contributed by atoms with Crippen molar-refractivity contribution >= 4 is 18.7 Å². The van der Waals surface area contributed by atoms with Gasteiger partial charge >= 0.3 is 13.2 Å². The van der Waals surface area contributed by atoms with Gasteiger partial charge in [-0.1, -0.05) is 48.5 Å². The summed E-state index contributed by atoms with van der Waals surface area (Å²) in [5, 5.41) is 0. The van der Waals surface area contributed by atoms with Crippen molar-refractivity contribution in [3.05, 3.63) is 60.6 Å². The predicted octanol–water partition coefficient (Wildman–Crippen LogP) is 6.11. The van der Waals surface area contributed by atoms with E-state index in [9.17, 15) is 4.79 Å². The molecule has 1 atom stereocenters.